The van der Waals surface area contributed by atoms with Gasteiger partial charge in [0.1, 0.15) is 6.10 Å². The second kappa shape index (κ2) is 5.99. The zero-order valence-electron chi connectivity index (χ0n) is 13.4. The van der Waals surface area contributed by atoms with Gasteiger partial charge in [0, 0.05) is 19.5 Å². The maximum Gasteiger partial charge on any atom is 0.338 e. The normalized spacial score (nSPS) is 29.3. The highest BCUT2D eigenvalue weighted by atomic mass is 16.5. The largest absolute Gasteiger partial charge is 0.458 e. The lowest BCUT2D eigenvalue weighted by Gasteiger charge is -2.22. The van der Waals surface area contributed by atoms with Gasteiger partial charge in [-0.25, -0.2) is 4.79 Å². The Hall–Kier alpha value is -1.84. The van der Waals surface area contributed by atoms with Gasteiger partial charge in [-0.2, -0.15) is 0 Å². The summed E-state index contributed by atoms with van der Waals surface area (Å²) >= 11 is 0. The number of amides is 1. The predicted octanol–water partition coefficient (Wildman–Crippen LogP) is 3.15. The van der Waals surface area contributed by atoms with Gasteiger partial charge in [-0.1, -0.05) is 12.1 Å². The third-order valence-electron chi connectivity index (χ3n) is 5.67. The lowest BCUT2D eigenvalue weighted by Crippen LogP contribution is -2.24. The molecule has 2 aliphatic carbocycles. The van der Waals surface area contributed by atoms with E-state index in [0.29, 0.717) is 24.4 Å². The number of carbonyl (C=O) groups is 2. The maximum atomic E-state index is 12.3. The lowest BCUT2D eigenvalue weighted by molar-refractivity contribution is -0.128. The summed E-state index contributed by atoms with van der Waals surface area (Å²) in [5, 5.41) is 0. The van der Waals surface area contributed by atoms with Crippen LogP contribution in [0, 0.1) is 11.8 Å². The number of nitrogens with zero attached hydrogens (tertiary/aromatic N) is 1. The second-order valence-electron chi connectivity index (χ2n) is 7.23. The monoisotopic (exact) mass is 313 g/mol. The summed E-state index contributed by atoms with van der Waals surface area (Å²) in [5.74, 6) is 1.39. The molecule has 1 saturated heterocycles. The number of carbonyl (C=O) groups excluding carboxylic acids is 2. The van der Waals surface area contributed by atoms with Gasteiger partial charge in [0.05, 0.1) is 5.56 Å². The van der Waals surface area contributed by atoms with Gasteiger partial charge in [0.15, 0.2) is 0 Å². The Bertz CT molecular complexity index is 610. The Morgan fingerprint density at radius 1 is 1.17 bits per heavy atom. The van der Waals surface area contributed by atoms with Crippen LogP contribution in [0.2, 0.25) is 0 Å². The molecule has 4 heteroatoms. The van der Waals surface area contributed by atoms with E-state index < -0.39 is 0 Å². The fourth-order valence-electron chi connectivity index (χ4n) is 4.37. The van der Waals surface area contributed by atoms with E-state index in [2.05, 4.69) is 0 Å². The van der Waals surface area contributed by atoms with Crippen molar-refractivity contribution in [1.82, 2.24) is 4.90 Å². The van der Waals surface area contributed by atoms with Crippen LogP contribution in [0.5, 0.6) is 0 Å². The molecule has 1 aromatic rings. The summed E-state index contributed by atoms with van der Waals surface area (Å²) in [4.78, 5) is 25.8. The van der Waals surface area contributed by atoms with E-state index >= 15 is 0 Å². The molecule has 4 nitrogen and oxygen atoms in total. The van der Waals surface area contributed by atoms with Gasteiger partial charge in [0.25, 0.3) is 0 Å². The molecular formula is C19H23NO3. The van der Waals surface area contributed by atoms with Crippen LogP contribution in [0.1, 0.15) is 54.4 Å². The second-order valence-corrected chi connectivity index (χ2v) is 7.23. The number of likely N-dealkylation sites (tertiary alicyclic amines) is 1. The number of ether oxygens (including phenoxy) is 1. The highest BCUT2D eigenvalue weighted by Crippen LogP contribution is 2.46. The molecule has 23 heavy (non-hydrogen) atoms. The number of esters is 1. The third kappa shape index (κ3) is 2.99. The summed E-state index contributed by atoms with van der Waals surface area (Å²) in [6, 6.07) is 7.52. The summed E-state index contributed by atoms with van der Waals surface area (Å²) in [6.07, 6.45) is 6.55. The van der Waals surface area contributed by atoms with Crippen LogP contribution in [-0.4, -0.2) is 29.4 Å². The first-order valence-corrected chi connectivity index (χ1v) is 8.77. The van der Waals surface area contributed by atoms with Crippen molar-refractivity contribution in [1.29, 1.82) is 0 Å². The Labute approximate surface area is 136 Å². The molecule has 0 spiro atoms. The van der Waals surface area contributed by atoms with E-state index in [9.17, 15) is 9.59 Å². The average Bonchev–Trinajstić information content (AvgIpc) is 3.26. The molecule has 122 valence electrons. The molecule has 0 N–H and O–H groups in total. The minimum absolute atomic E-state index is 0.128. The molecule has 3 unspecified atom stereocenters. The number of hydrogen-bond acceptors (Lipinski definition) is 3. The molecule has 0 radical (unpaired) electrons. The van der Waals surface area contributed by atoms with Crippen LogP contribution in [-0.2, 0) is 16.1 Å². The maximum absolute atomic E-state index is 12.3. The molecule has 0 aromatic heterocycles. The van der Waals surface area contributed by atoms with Gasteiger partial charge in [-0.3, -0.25) is 4.79 Å². The first-order valence-electron chi connectivity index (χ1n) is 8.77. The van der Waals surface area contributed by atoms with Crippen molar-refractivity contribution in [3.8, 4) is 0 Å². The van der Waals surface area contributed by atoms with Crippen molar-refractivity contribution >= 4 is 11.9 Å². The van der Waals surface area contributed by atoms with Crippen LogP contribution in [0.4, 0.5) is 0 Å². The van der Waals surface area contributed by atoms with Crippen molar-refractivity contribution < 1.29 is 14.3 Å². The minimum atomic E-state index is -0.202. The van der Waals surface area contributed by atoms with E-state index in [4.69, 9.17) is 4.74 Å². The average molecular weight is 313 g/mol. The van der Waals surface area contributed by atoms with E-state index in [1.165, 1.54) is 19.3 Å². The molecule has 3 aliphatic rings. The van der Waals surface area contributed by atoms with E-state index in [1.807, 2.05) is 29.2 Å². The van der Waals surface area contributed by atoms with E-state index in [1.54, 1.807) is 0 Å². The van der Waals surface area contributed by atoms with E-state index in [0.717, 1.165) is 30.9 Å². The molecule has 3 fully saturated rings. The van der Waals surface area contributed by atoms with Gasteiger partial charge in [-0.05, 0) is 61.6 Å². The summed E-state index contributed by atoms with van der Waals surface area (Å²) < 4.78 is 5.72. The highest BCUT2D eigenvalue weighted by molar-refractivity contribution is 5.89. The summed E-state index contributed by atoms with van der Waals surface area (Å²) in [6.45, 7) is 1.48. The fraction of sp³-hybridized carbons (Fsp3) is 0.579. The smallest absolute Gasteiger partial charge is 0.338 e. The zero-order chi connectivity index (χ0) is 15.8. The molecule has 1 amide bonds. The molecular weight excluding hydrogens is 290 g/mol. The van der Waals surface area contributed by atoms with Crippen molar-refractivity contribution in [2.75, 3.05) is 6.54 Å². The third-order valence-corrected chi connectivity index (χ3v) is 5.67. The standard InChI is InChI=1S/C19H23NO3/c21-18-2-1-9-20(18)12-13-3-6-15(7-4-13)19(22)23-17-11-14-5-8-16(17)10-14/h3-4,6-7,14,16-17H,1-2,5,8-12H2. The Morgan fingerprint density at radius 2 is 2.00 bits per heavy atom. The Kier molecular flexibility index (Phi) is 3.83. The van der Waals surface area contributed by atoms with Crippen molar-refractivity contribution in [3.63, 3.8) is 0 Å². The van der Waals surface area contributed by atoms with Crippen molar-refractivity contribution in [2.45, 2.75) is 51.2 Å². The molecule has 1 heterocycles. The minimum Gasteiger partial charge on any atom is -0.458 e. The van der Waals surface area contributed by atoms with Gasteiger partial charge in [0.2, 0.25) is 5.91 Å². The Morgan fingerprint density at radius 3 is 2.61 bits per heavy atom. The van der Waals surface area contributed by atoms with Crippen molar-refractivity contribution in [3.05, 3.63) is 35.4 Å². The van der Waals surface area contributed by atoms with Crippen molar-refractivity contribution in [2.24, 2.45) is 11.8 Å². The molecule has 2 bridgehead atoms. The van der Waals surface area contributed by atoms with E-state index in [-0.39, 0.29) is 18.0 Å². The number of benzene rings is 1. The summed E-state index contributed by atoms with van der Waals surface area (Å²) in [5.41, 5.74) is 1.68. The molecule has 3 atom stereocenters. The Balaban J connectivity index is 1.35. The van der Waals surface area contributed by atoms with Gasteiger partial charge >= 0.3 is 5.97 Å². The zero-order valence-corrected chi connectivity index (χ0v) is 13.4. The number of rotatable bonds is 4. The van der Waals surface area contributed by atoms with Gasteiger partial charge in [-0.15, -0.1) is 0 Å². The SMILES string of the molecule is O=C(OC1CC2CCC1C2)c1ccc(CN2CCCC2=O)cc1. The number of fused-ring (bicyclic) bond motifs is 2. The van der Waals surface area contributed by atoms with Crippen LogP contribution in [0.25, 0.3) is 0 Å². The molecule has 4 rings (SSSR count). The number of hydrogen-bond donors (Lipinski definition) is 0. The summed E-state index contributed by atoms with van der Waals surface area (Å²) in [7, 11) is 0. The topological polar surface area (TPSA) is 46.6 Å². The first kappa shape index (κ1) is 14.7. The van der Waals surface area contributed by atoms with Crippen LogP contribution in [0.3, 0.4) is 0 Å². The first-order chi connectivity index (χ1) is 11.2. The lowest BCUT2D eigenvalue weighted by atomic mass is 9.98. The molecule has 1 aromatic carbocycles. The molecule has 2 saturated carbocycles. The van der Waals surface area contributed by atoms with Crippen LogP contribution >= 0.6 is 0 Å². The predicted molar refractivity (Wildman–Crippen MR) is 85.7 cm³/mol. The van der Waals surface area contributed by atoms with Crippen LogP contribution < -0.4 is 0 Å². The van der Waals surface area contributed by atoms with Crippen LogP contribution in [0.15, 0.2) is 24.3 Å². The fourth-order valence-corrected chi connectivity index (χ4v) is 4.37. The van der Waals surface area contributed by atoms with Gasteiger partial charge < -0.3 is 9.64 Å². The molecule has 1 aliphatic heterocycles. The highest BCUT2D eigenvalue weighted by Gasteiger charge is 2.41. The quantitative estimate of drug-likeness (QED) is 0.802.